The number of fused-ring (bicyclic) bond motifs is 1. The normalized spacial score (nSPS) is 18.8. The van der Waals surface area contributed by atoms with E-state index < -0.39 is 0 Å². The van der Waals surface area contributed by atoms with E-state index in [2.05, 4.69) is 5.16 Å². The summed E-state index contributed by atoms with van der Waals surface area (Å²) in [5.41, 5.74) is 3.31. The number of rotatable bonds is 7. The molecule has 0 bridgehead atoms. The van der Waals surface area contributed by atoms with Crippen LogP contribution in [0.5, 0.6) is 5.75 Å². The lowest BCUT2D eigenvalue weighted by Crippen LogP contribution is -2.38. The summed E-state index contributed by atoms with van der Waals surface area (Å²) in [4.78, 5) is 32.5. The van der Waals surface area contributed by atoms with Gasteiger partial charge in [-0.05, 0) is 42.5 Å². The summed E-state index contributed by atoms with van der Waals surface area (Å²) >= 11 is 0. The Kier molecular flexibility index (Phi) is 6.77. The van der Waals surface area contributed by atoms with Crippen LogP contribution in [0.25, 0.3) is 0 Å². The van der Waals surface area contributed by atoms with Crippen molar-refractivity contribution in [3.8, 4) is 5.75 Å². The first-order valence-electron chi connectivity index (χ1n) is 11.3. The van der Waals surface area contributed by atoms with Crippen molar-refractivity contribution in [2.45, 2.75) is 45.6 Å². The topological polar surface area (TPSA) is 88.4 Å². The van der Waals surface area contributed by atoms with Gasteiger partial charge in [0.1, 0.15) is 18.1 Å². The Morgan fingerprint density at radius 3 is 2.64 bits per heavy atom. The van der Waals surface area contributed by atoms with Crippen LogP contribution in [0.15, 0.2) is 65.0 Å². The fraction of sp³-hybridized carbons (Fsp3) is 0.346. The number of aliphatic hydroxyl groups excluding tert-OH is 1. The molecule has 0 aromatic heterocycles. The van der Waals surface area contributed by atoms with Crippen molar-refractivity contribution in [3.63, 3.8) is 0 Å². The first-order valence-corrected chi connectivity index (χ1v) is 11.3. The zero-order chi connectivity index (χ0) is 23.4. The first kappa shape index (κ1) is 22.6. The molecule has 4 rings (SSSR count). The van der Waals surface area contributed by atoms with Crippen LogP contribution in [0.4, 0.5) is 5.69 Å². The molecule has 33 heavy (non-hydrogen) atoms. The van der Waals surface area contributed by atoms with Gasteiger partial charge in [0.15, 0.2) is 12.4 Å². The van der Waals surface area contributed by atoms with E-state index in [1.54, 1.807) is 4.90 Å². The minimum Gasteiger partial charge on any atom is -0.511 e. The summed E-state index contributed by atoms with van der Waals surface area (Å²) < 4.78 is 5.64. The van der Waals surface area contributed by atoms with E-state index in [0.717, 1.165) is 11.1 Å². The molecule has 7 heteroatoms. The number of carbonyl (C=O) groups is 2. The predicted octanol–water partition coefficient (Wildman–Crippen LogP) is 4.67. The summed E-state index contributed by atoms with van der Waals surface area (Å²) in [5, 5.41) is 14.7. The summed E-state index contributed by atoms with van der Waals surface area (Å²) in [5.74, 6) is 0.187. The highest BCUT2D eigenvalue weighted by molar-refractivity contribution is 6.23. The van der Waals surface area contributed by atoms with Gasteiger partial charge in [0.2, 0.25) is 0 Å². The van der Waals surface area contributed by atoms with Crippen molar-refractivity contribution in [2.75, 3.05) is 18.1 Å². The summed E-state index contributed by atoms with van der Waals surface area (Å²) in [6, 6.07) is 15.4. The van der Waals surface area contributed by atoms with Gasteiger partial charge in [-0.25, -0.2) is 0 Å². The van der Waals surface area contributed by atoms with E-state index in [1.165, 1.54) is 0 Å². The third-order valence-electron chi connectivity index (χ3n) is 5.95. The molecule has 2 aromatic carbocycles. The molecule has 0 saturated carbocycles. The minimum absolute atomic E-state index is 0.00700. The van der Waals surface area contributed by atoms with Crippen molar-refractivity contribution in [1.29, 1.82) is 0 Å². The number of aliphatic hydroxyl groups is 1. The van der Waals surface area contributed by atoms with Gasteiger partial charge in [0.05, 0.1) is 23.5 Å². The maximum absolute atomic E-state index is 13.0. The largest absolute Gasteiger partial charge is 0.511 e. The maximum Gasteiger partial charge on any atom is 0.265 e. The highest BCUT2D eigenvalue weighted by atomic mass is 16.6. The zero-order valence-electron chi connectivity index (χ0n) is 18.9. The molecule has 0 spiro atoms. The Morgan fingerprint density at radius 1 is 1.15 bits per heavy atom. The van der Waals surface area contributed by atoms with Crippen LogP contribution in [0.1, 0.15) is 50.2 Å². The van der Waals surface area contributed by atoms with Gasteiger partial charge < -0.3 is 19.6 Å². The van der Waals surface area contributed by atoms with Crippen LogP contribution < -0.4 is 9.64 Å². The van der Waals surface area contributed by atoms with Crippen LogP contribution in [0, 0.1) is 0 Å². The van der Waals surface area contributed by atoms with Gasteiger partial charge in [-0.2, -0.15) is 0 Å². The van der Waals surface area contributed by atoms with E-state index in [9.17, 15) is 14.7 Å². The number of carbonyl (C=O) groups excluding carboxylic acids is 2. The van der Waals surface area contributed by atoms with Crippen molar-refractivity contribution < 1.29 is 24.3 Å². The van der Waals surface area contributed by atoms with Crippen molar-refractivity contribution in [3.05, 3.63) is 71.0 Å². The molecule has 0 radical (unpaired) electrons. The van der Waals surface area contributed by atoms with Crippen molar-refractivity contribution >= 4 is 23.1 Å². The number of ketones is 1. The van der Waals surface area contributed by atoms with Crippen LogP contribution in [-0.2, 0) is 21.0 Å². The molecule has 1 N–H and O–H groups in total. The molecule has 7 nitrogen and oxygen atoms in total. The van der Waals surface area contributed by atoms with Gasteiger partial charge in [-0.3, -0.25) is 9.59 Å². The monoisotopic (exact) mass is 448 g/mol. The average molecular weight is 449 g/mol. The van der Waals surface area contributed by atoms with Gasteiger partial charge in [0, 0.05) is 12.8 Å². The number of anilines is 1. The first-order chi connectivity index (χ1) is 16.0. The van der Waals surface area contributed by atoms with E-state index in [1.807, 2.05) is 62.4 Å². The minimum atomic E-state index is -0.202. The number of oxime groups is 1. The summed E-state index contributed by atoms with van der Waals surface area (Å²) in [6.45, 7) is 4.51. The van der Waals surface area contributed by atoms with Crippen molar-refractivity contribution in [2.24, 2.45) is 5.16 Å². The fourth-order valence-corrected chi connectivity index (χ4v) is 4.30. The second-order valence-electron chi connectivity index (χ2n) is 8.14. The van der Waals surface area contributed by atoms with Crippen molar-refractivity contribution in [1.82, 2.24) is 0 Å². The second-order valence-corrected chi connectivity index (χ2v) is 8.14. The lowest BCUT2D eigenvalue weighted by molar-refractivity contribution is -0.121. The predicted molar refractivity (Wildman–Crippen MR) is 126 cm³/mol. The van der Waals surface area contributed by atoms with Crippen LogP contribution in [0.3, 0.4) is 0 Å². The molecule has 0 saturated heterocycles. The molecule has 2 aliphatic rings. The average Bonchev–Trinajstić information content (AvgIpc) is 2.83. The Balaban J connectivity index is 1.63. The van der Waals surface area contributed by atoms with Gasteiger partial charge in [-0.15, -0.1) is 0 Å². The van der Waals surface area contributed by atoms with Crippen LogP contribution >= 0.6 is 0 Å². The number of hydrogen-bond acceptors (Lipinski definition) is 6. The standard InChI is InChI=1S/C26H28N2O5/c1-3-20(27-33-4-2)26-22(29)13-19(14-23(26)30)18-10-11-24-21(12-18)28(25(31)16-32-24)15-17-8-6-5-7-9-17/h5-12,19,29H,3-4,13-16H2,1-2H3. The number of benzene rings is 2. The van der Waals surface area contributed by atoms with E-state index in [4.69, 9.17) is 9.57 Å². The lowest BCUT2D eigenvalue weighted by Gasteiger charge is -2.31. The Hall–Kier alpha value is -3.61. The zero-order valence-corrected chi connectivity index (χ0v) is 18.9. The number of allylic oxidation sites excluding steroid dienone is 2. The number of ether oxygens (including phenoxy) is 1. The second kappa shape index (κ2) is 9.90. The molecule has 2 aromatic rings. The van der Waals surface area contributed by atoms with Gasteiger partial charge in [0.25, 0.3) is 5.91 Å². The van der Waals surface area contributed by atoms with Gasteiger partial charge in [-0.1, -0.05) is 48.5 Å². The van der Waals surface area contributed by atoms with E-state index >= 15 is 0 Å². The quantitative estimate of drug-likeness (QED) is 0.491. The van der Waals surface area contributed by atoms with E-state index in [-0.39, 0.29) is 42.0 Å². The molecule has 1 aliphatic heterocycles. The number of Topliss-reactive ketones (excluding diaryl/α,β-unsaturated/α-hetero) is 1. The fourth-order valence-electron chi connectivity index (χ4n) is 4.30. The number of hydrogen-bond donors (Lipinski definition) is 1. The maximum atomic E-state index is 13.0. The molecule has 1 aliphatic carbocycles. The third-order valence-corrected chi connectivity index (χ3v) is 5.95. The summed E-state index contributed by atoms with van der Waals surface area (Å²) in [6.07, 6.45) is 1.05. The smallest absolute Gasteiger partial charge is 0.265 e. The number of nitrogens with zero attached hydrogens (tertiary/aromatic N) is 2. The van der Waals surface area contributed by atoms with Crippen LogP contribution in [-0.4, -0.2) is 35.7 Å². The molecule has 1 unspecified atom stereocenters. The Morgan fingerprint density at radius 2 is 1.94 bits per heavy atom. The van der Waals surface area contributed by atoms with Crippen LogP contribution in [0.2, 0.25) is 0 Å². The molecule has 172 valence electrons. The summed E-state index contributed by atoms with van der Waals surface area (Å²) in [7, 11) is 0. The number of amides is 1. The molecule has 1 amide bonds. The van der Waals surface area contributed by atoms with E-state index in [0.29, 0.717) is 43.1 Å². The molecule has 0 fully saturated rings. The third kappa shape index (κ3) is 4.77. The molecule has 1 heterocycles. The lowest BCUT2D eigenvalue weighted by atomic mass is 9.80. The molecule has 1 atom stereocenters. The van der Waals surface area contributed by atoms with Gasteiger partial charge >= 0.3 is 0 Å². The molecular weight excluding hydrogens is 420 g/mol. The Labute approximate surface area is 193 Å². The Bertz CT molecular complexity index is 1110. The molecular formula is C26H28N2O5. The highest BCUT2D eigenvalue weighted by Gasteiger charge is 2.33. The highest BCUT2D eigenvalue weighted by Crippen LogP contribution is 2.40. The SMILES string of the molecule is CCON=C(CC)C1=C(O)CC(c2ccc3c(c2)N(Cc2ccccc2)C(=O)CO3)CC1=O.